The van der Waals surface area contributed by atoms with Crippen molar-refractivity contribution in [2.24, 2.45) is 0 Å². The monoisotopic (exact) mass is 818 g/mol. The molecule has 1 aromatic heterocycles. The summed E-state index contributed by atoms with van der Waals surface area (Å²) in [6.07, 6.45) is 4.53. The maximum atomic E-state index is 17.5. The Labute approximate surface area is 343 Å². The Hall–Kier alpha value is -4.66. The average molecular weight is 819 g/mol. The first-order valence-electron chi connectivity index (χ1n) is 20.1. The quantitative estimate of drug-likeness (QED) is 0.145. The van der Waals surface area contributed by atoms with Gasteiger partial charge in [-0.2, -0.15) is 9.97 Å². The third-order valence-electron chi connectivity index (χ3n) is 11.9. The molecule has 4 aliphatic rings. The lowest BCUT2D eigenvalue weighted by Crippen LogP contribution is -2.57. The topological polar surface area (TPSA) is 119 Å². The number of carbonyl (C=O) groups is 2. The van der Waals surface area contributed by atoms with Crippen LogP contribution in [0.5, 0.6) is 11.8 Å². The van der Waals surface area contributed by atoms with E-state index in [1.807, 2.05) is 56.0 Å². The van der Waals surface area contributed by atoms with Crippen molar-refractivity contribution in [3.8, 4) is 22.9 Å². The predicted octanol–water partition coefficient (Wildman–Crippen LogP) is 7.89. The van der Waals surface area contributed by atoms with Gasteiger partial charge in [0.15, 0.2) is 12.6 Å². The maximum absolute atomic E-state index is 17.5. The molecule has 0 radical (unpaired) electrons. The fraction of sp³-hybridized carbons (Fsp3) is 0.535. The predicted molar refractivity (Wildman–Crippen MR) is 219 cm³/mol. The highest BCUT2D eigenvalue weighted by atomic mass is 35.5. The van der Waals surface area contributed by atoms with Crippen LogP contribution in [0.15, 0.2) is 42.5 Å². The van der Waals surface area contributed by atoms with E-state index in [4.69, 9.17) is 45.3 Å². The summed E-state index contributed by atoms with van der Waals surface area (Å²) < 4.78 is 46.5. The molecule has 4 fully saturated rings. The van der Waals surface area contributed by atoms with Crippen molar-refractivity contribution in [3.63, 3.8) is 0 Å². The summed E-state index contributed by atoms with van der Waals surface area (Å²) in [5.74, 6) is 0.393. The van der Waals surface area contributed by atoms with Gasteiger partial charge in [0.1, 0.15) is 35.9 Å². The number of fused-ring (bicyclic) bond motifs is 5. The largest absolute Gasteiger partial charge is 0.468 e. The van der Waals surface area contributed by atoms with Gasteiger partial charge in [-0.15, -0.1) is 0 Å². The van der Waals surface area contributed by atoms with Gasteiger partial charge in [-0.3, -0.25) is 9.80 Å². The Morgan fingerprint density at radius 2 is 1.76 bits per heavy atom. The van der Waals surface area contributed by atoms with E-state index < -0.39 is 11.4 Å². The lowest BCUT2D eigenvalue weighted by atomic mass is 9.95. The van der Waals surface area contributed by atoms with E-state index >= 15 is 4.39 Å². The van der Waals surface area contributed by atoms with Crippen molar-refractivity contribution >= 4 is 51.3 Å². The highest BCUT2D eigenvalue weighted by Gasteiger charge is 2.50. The molecular weight excluding hydrogens is 767 g/mol. The number of nitrogens with zero attached hydrogens (tertiary/aromatic N) is 6. The Balaban J connectivity index is 1.18. The van der Waals surface area contributed by atoms with Crippen LogP contribution in [0.3, 0.4) is 0 Å². The first kappa shape index (κ1) is 40.1. The van der Waals surface area contributed by atoms with Crippen LogP contribution in [0.4, 0.5) is 19.8 Å². The average Bonchev–Trinajstić information content (AvgIpc) is 3.84. The zero-order chi connectivity index (χ0) is 40.9. The van der Waals surface area contributed by atoms with Crippen LogP contribution in [0.1, 0.15) is 59.3 Å². The molecule has 4 atom stereocenters. The molecule has 13 nitrogen and oxygen atoms in total. The maximum Gasteiger partial charge on any atom is 0.410 e. The van der Waals surface area contributed by atoms with E-state index in [2.05, 4.69) is 9.80 Å². The number of aromatic nitrogens is 2. The molecule has 8 rings (SSSR count). The summed E-state index contributed by atoms with van der Waals surface area (Å²) in [5, 5.41) is 2.28. The van der Waals surface area contributed by atoms with E-state index in [9.17, 15) is 9.59 Å². The lowest BCUT2D eigenvalue weighted by Gasteiger charge is -2.42. The molecule has 4 aliphatic heterocycles. The highest BCUT2D eigenvalue weighted by molar-refractivity contribution is 6.35. The fourth-order valence-electron chi connectivity index (χ4n) is 9.39. The third kappa shape index (κ3) is 7.66. The van der Waals surface area contributed by atoms with Gasteiger partial charge in [-0.05, 0) is 100 Å². The van der Waals surface area contributed by atoms with Crippen LogP contribution in [-0.4, -0.2) is 127 Å². The molecule has 58 heavy (non-hydrogen) atoms. The van der Waals surface area contributed by atoms with Crippen molar-refractivity contribution in [1.29, 1.82) is 0 Å². The van der Waals surface area contributed by atoms with Crippen molar-refractivity contribution in [2.45, 2.75) is 88.6 Å². The molecule has 2 bridgehead atoms. The lowest BCUT2D eigenvalue weighted by molar-refractivity contribution is 0.0122. The van der Waals surface area contributed by atoms with E-state index in [0.29, 0.717) is 48.8 Å². The van der Waals surface area contributed by atoms with Gasteiger partial charge in [-0.1, -0.05) is 35.9 Å². The van der Waals surface area contributed by atoms with Crippen LogP contribution in [0.2, 0.25) is 5.02 Å². The summed E-state index contributed by atoms with van der Waals surface area (Å²) >= 11 is 7.11. The van der Waals surface area contributed by atoms with Crippen molar-refractivity contribution in [1.82, 2.24) is 24.7 Å². The SMILES string of the molecule is COCOc1cc(-c2c(Cl)cc3c(N4CC5CCC(C4)N5C(=O)OC(C)(C)C)nc(OCC45CCCN4C(COC(=O)N(C)C)CC5)nc3c2F)c2ccccc2c1. The number of ether oxygens (including phenoxy) is 5. The van der Waals surface area contributed by atoms with Crippen molar-refractivity contribution in [3.05, 3.63) is 53.3 Å². The molecule has 0 aliphatic carbocycles. The normalized spacial score (nSPS) is 23.1. The number of hydrogen-bond donors (Lipinski definition) is 0. The van der Waals surface area contributed by atoms with Gasteiger partial charge in [0.2, 0.25) is 0 Å². The summed E-state index contributed by atoms with van der Waals surface area (Å²) in [6, 6.07) is 13.0. The van der Waals surface area contributed by atoms with Crippen LogP contribution in [0.25, 0.3) is 32.8 Å². The summed E-state index contributed by atoms with van der Waals surface area (Å²) in [5.41, 5.74) is -0.108. The molecule has 4 unspecified atom stereocenters. The van der Waals surface area contributed by atoms with E-state index in [1.54, 1.807) is 33.3 Å². The molecule has 4 aromatic rings. The Morgan fingerprint density at radius 1 is 1.00 bits per heavy atom. The van der Waals surface area contributed by atoms with Gasteiger partial charge in [-0.25, -0.2) is 14.0 Å². The minimum Gasteiger partial charge on any atom is -0.468 e. The molecule has 5 heterocycles. The molecule has 3 aromatic carbocycles. The van der Waals surface area contributed by atoms with Gasteiger partial charge in [0.25, 0.3) is 0 Å². The van der Waals surface area contributed by atoms with Crippen LogP contribution >= 0.6 is 11.6 Å². The second kappa shape index (κ2) is 15.8. The van der Waals surface area contributed by atoms with Gasteiger partial charge >= 0.3 is 18.2 Å². The summed E-state index contributed by atoms with van der Waals surface area (Å²) in [6.45, 7) is 8.01. The third-order valence-corrected chi connectivity index (χ3v) is 12.2. The number of piperazine rings is 1. The zero-order valence-corrected chi connectivity index (χ0v) is 34.8. The standard InChI is InChI=1S/C43H52ClFN6O7/c1-42(2,3)58-41(53)51-27-12-13-28(51)22-49(21-27)38-33-20-34(44)35(32-19-30(57-25-54-6)18-26-10-7-8-11-31(26)32)36(45)37(33)46-39(47-38)56-24-43-15-9-17-50(43)29(14-16-43)23-55-40(52)48(4)5/h7-8,10-11,18-20,27-29H,9,12-17,21-25H2,1-6H3. The first-order chi connectivity index (χ1) is 27.7. The number of hydrogen-bond acceptors (Lipinski definition) is 11. The Bertz CT molecular complexity index is 2210. The second-order valence-corrected chi connectivity index (χ2v) is 17.6. The van der Waals surface area contributed by atoms with E-state index in [1.165, 1.54) is 4.90 Å². The van der Waals surface area contributed by atoms with Gasteiger partial charge < -0.3 is 33.5 Å². The summed E-state index contributed by atoms with van der Waals surface area (Å²) in [7, 11) is 4.88. The van der Waals surface area contributed by atoms with Crippen molar-refractivity contribution in [2.75, 3.05) is 65.7 Å². The van der Waals surface area contributed by atoms with Crippen LogP contribution in [0, 0.1) is 5.82 Å². The van der Waals surface area contributed by atoms with Crippen molar-refractivity contribution < 1.29 is 37.7 Å². The summed E-state index contributed by atoms with van der Waals surface area (Å²) in [4.78, 5) is 43.2. The Kier molecular flexibility index (Phi) is 11.0. The number of carbonyl (C=O) groups excluding carboxylic acids is 2. The van der Waals surface area contributed by atoms with Gasteiger partial charge in [0.05, 0.1) is 22.6 Å². The zero-order valence-electron chi connectivity index (χ0n) is 34.1. The number of rotatable bonds is 10. The fourth-order valence-corrected chi connectivity index (χ4v) is 9.68. The molecule has 4 saturated heterocycles. The second-order valence-electron chi connectivity index (χ2n) is 17.2. The van der Waals surface area contributed by atoms with Crippen LogP contribution < -0.4 is 14.4 Å². The molecule has 0 spiro atoms. The minimum absolute atomic E-state index is 0.0209. The number of anilines is 1. The van der Waals surface area contributed by atoms with E-state index in [0.717, 1.165) is 55.8 Å². The number of methoxy groups -OCH3 is 1. The number of benzene rings is 3. The number of halogens is 2. The highest BCUT2D eigenvalue weighted by Crippen LogP contribution is 2.45. The van der Waals surface area contributed by atoms with Gasteiger partial charge in [0, 0.05) is 51.3 Å². The molecular formula is C43H52ClFN6O7. The molecule has 0 N–H and O–H groups in total. The van der Waals surface area contributed by atoms with Crippen LogP contribution in [-0.2, 0) is 14.2 Å². The molecule has 0 saturated carbocycles. The molecule has 2 amide bonds. The minimum atomic E-state index is -0.625. The smallest absolute Gasteiger partial charge is 0.410 e. The molecule has 310 valence electrons. The number of amides is 2. The first-order valence-corrected chi connectivity index (χ1v) is 20.5. The molecule has 15 heteroatoms. The Morgan fingerprint density at radius 3 is 2.48 bits per heavy atom. The van der Waals surface area contributed by atoms with E-state index in [-0.39, 0.29) is 64.8 Å².